The van der Waals surface area contributed by atoms with E-state index in [1.54, 1.807) is 11.3 Å². The Balaban J connectivity index is 1.84. The minimum atomic E-state index is -0.0527. The van der Waals surface area contributed by atoms with Crippen LogP contribution < -0.4 is 4.90 Å². The van der Waals surface area contributed by atoms with Crippen molar-refractivity contribution < 1.29 is 9.53 Å². The SMILES string of the molecule is CCOC(=O)C1CCN(c2nc(CC)nc3sc(CC)cc23)CC1. The van der Waals surface area contributed by atoms with Gasteiger partial charge in [0.25, 0.3) is 0 Å². The molecule has 0 amide bonds. The topological polar surface area (TPSA) is 55.3 Å². The van der Waals surface area contributed by atoms with Gasteiger partial charge < -0.3 is 9.64 Å². The van der Waals surface area contributed by atoms with Gasteiger partial charge in [0, 0.05) is 24.4 Å². The van der Waals surface area contributed by atoms with Gasteiger partial charge in [0.2, 0.25) is 0 Å². The molecule has 130 valence electrons. The summed E-state index contributed by atoms with van der Waals surface area (Å²) in [6, 6.07) is 2.23. The van der Waals surface area contributed by atoms with Gasteiger partial charge in [-0.05, 0) is 32.3 Å². The quantitative estimate of drug-likeness (QED) is 0.774. The number of anilines is 1. The highest BCUT2D eigenvalue weighted by molar-refractivity contribution is 7.18. The number of aryl methyl sites for hydroxylation is 2. The molecule has 0 N–H and O–H groups in total. The Labute approximate surface area is 147 Å². The predicted octanol–water partition coefficient (Wildman–Crippen LogP) is 3.60. The Morgan fingerprint density at radius 3 is 2.62 bits per heavy atom. The van der Waals surface area contributed by atoms with Crippen LogP contribution in [0.15, 0.2) is 6.07 Å². The Morgan fingerprint density at radius 2 is 2.00 bits per heavy atom. The van der Waals surface area contributed by atoms with E-state index in [1.165, 1.54) is 4.88 Å². The maximum absolute atomic E-state index is 11.9. The number of nitrogens with zero attached hydrogens (tertiary/aromatic N) is 3. The number of aromatic nitrogens is 2. The fourth-order valence-corrected chi connectivity index (χ4v) is 4.14. The van der Waals surface area contributed by atoms with E-state index in [2.05, 4.69) is 24.8 Å². The minimum Gasteiger partial charge on any atom is -0.466 e. The summed E-state index contributed by atoms with van der Waals surface area (Å²) in [5.74, 6) is 1.91. The van der Waals surface area contributed by atoms with Crippen molar-refractivity contribution in [2.24, 2.45) is 5.92 Å². The summed E-state index contributed by atoms with van der Waals surface area (Å²) in [4.78, 5) is 26.2. The predicted molar refractivity (Wildman–Crippen MR) is 97.7 cm³/mol. The molecule has 0 aliphatic carbocycles. The Bertz CT molecular complexity index is 720. The van der Waals surface area contributed by atoms with Crippen LogP contribution in [0.5, 0.6) is 0 Å². The molecule has 3 heterocycles. The Kier molecular flexibility index (Phi) is 5.33. The number of thiophene rings is 1. The lowest BCUT2D eigenvalue weighted by molar-refractivity contribution is -0.148. The van der Waals surface area contributed by atoms with Crippen LogP contribution in [0.2, 0.25) is 0 Å². The highest BCUT2D eigenvalue weighted by Crippen LogP contribution is 2.33. The number of carbonyl (C=O) groups excluding carboxylic acids is 1. The number of hydrogen-bond acceptors (Lipinski definition) is 6. The van der Waals surface area contributed by atoms with Crippen molar-refractivity contribution in [3.8, 4) is 0 Å². The third-order valence-electron chi connectivity index (χ3n) is 4.55. The third-order valence-corrected chi connectivity index (χ3v) is 5.72. The maximum Gasteiger partial charge on any atom is 0.309 e. The summed E-state index contributed by atoms with van der Waals surface area (Å²) in [6.45, 7) is 8.26. The second-order valence-corrected chi connectivity index (χ2v) is 7.23. The molecular weight excluding hydrogens is 322 g/mol. The van der Waals surface area contributed by atoms with E-state index in [4.69, 9.17) is 14.7 Å². The molecule has 24 heavy (non-hydrogen) atoms. The van der Waals surface area contributed by atoms with Gasteiger partial charge in [0.1, 0.15) is 16.5 Å². The highest BCUT2D eigenvalue weighted by atomic mass is 32.1. The second-order valence-electron chi connectivity index (χ2n) is 6.12. The van der Waals surface area contributed by atoms with Crippen LogP contribution in [-0.2, 0) is 22.4 Å². The van der Waals surface area contributed by atoms with Crippen LogP contribution in [0.4, 0.5) is 5.82 Å². The number of esters is 1. The molecular formula is C18H25N3O2S. The number of fused-ring (bicyclic) bond motifs is 1. The summed E-state index contributed by atoms with van der Waals surface area (Å²) < 4.78 is 5.17. The summed E-state index contributed by atoms with van der Waals surface area (Å²) in [7, 11) is 0. The van der Waals surface area contributed by atoms with Crippen molar-refractivity contribution in [3.05, 3.63) is 16.8 Å². The molecule has 3 rings (SSSR count). The van der Waals surface area contributed by atoms with Crippen molar-refractivity contribution in [3.63, 3.8) is 0 Å². The van der Waals surface area contributed by atoms with E-state index in [1.807, 2.05) is 6.92 Å². The average Bonchev–Trinajstić information content (AvgIpc) is 3.04. The first-order chi connectivity index (χ1) is 11.7. The van der Waals surface area contributed by atoms with Gasteiger partial charge in [0.15, 0.2) is 0 Å². The highest BCUT2D eigenvalue weighted by Gasteiger charge is 2.28. The molecule has 1 aliphatic heterocycles. The standard InChI is InChI=1S/C18H25N3O2S/c1-4-13-11-14-16(19-15(5-2)20-17(14)24-13)21-9-7-12(8-10-21)18(22)23-6-3/h11-12H,4-10H2,1-3H3. The number of carbonyl (C=O) groups is 1. The van der Waals surface area contributed by atoms with E-state index in [9.17, 15) is 4.79 Å². The molecule has 2 aromatic heterocycles. The van der Waals surface area contributed by atoms with Crippen LogP contribution in [0, 0.1) is 5.92 Å². The van der Waals surface area contributed by atoms with Crippen molar-refractivity contribution in [2.45, 2.75) is 46.5 Å². The molecule has 0 aromatic carbocycles. The number of piperidine rings is 1. The third kappa shape index (κ3) is 3.38. The zero-order chi connectivity index (χ0) is 17.1. The molecule has 5 nitrogen and oxygen atoms in total. The van der Waals surface area contributed by atoms with Gasteiger partial charge in [-0.15, -0.1) is 11.3 Å². The lowest BCUT2D eigenvalue weighted by Gasteiger charge is -2.32. The minimum absolute atomic E-state index is 0.0258. The molecule has 0 unspecified atom stereocenters. The summed E-state index contributed by atoms with van der Waals surface area (Å²) in [5.41, 5.74) is 0. The maximum atomic E-state index is 11.9. The Hall–Kier alpha value is -1.69. The van der Waals surface area contributed by atoms with Crippen molar-refractivity contribution in [1.82, 2.24) is 9.97 Å². The molecule has 0 radical (unpaired) electrons. The van der Waals surface area contributed by atoms with Crippen molar-refractivity contribution in [1.29, 1.82) is 0 Å². The van der Waals surface area contributed by atoms with Gasteiger partial charge in [-0.25, -0.2) is 9.97 Å². The number of rotatable bonds is 5. The van der Waals surface area contributed by atoms with Crippen LogP contribution >= 0.6 is 11.3 Å². The summed E-state index contributed by atoms with van der Waals surface area (Å²) >= 11 is 1.77. The fraction of sp³-hybridized carbons (Fsp3) is 0.611. The Morgan fingerprint density at radius 1 is 1.25 bits per heavy atom. The van der Waals surface area contributed by atoms with E-state index >= 15 is 0 Å². The molecule has 0 spiro atoms. The molecule has 0 bridgehead atoms. The smallest absolute Gasteiger partial charge is 0.309 e. The van der Waals surface area contributed by atoms with E-state index in [0.29, 0.717) is 6.61 Å². The first kappa shape index (κ1) is 17.1. The lowest BCUT2D eigenvalue weighted by atomic mass is 9.97. The van der Waals surface area contributed by atoms with Gasteiger partial charge in [-0.1, -0.05) is 13.8 Å². The zero-order valence-electron chi connectivity index (χ0n) is 14.7. The zero-order valence-corrected chi connectivity index (χ0v) is 15.5. The first-order valence-electron chi connectivity index (χ1n) is 8.87. The van der Waals surface area contributed by atoms with Gasteiger partial charge in [-0.2, -0.15) is 0 Å². The van der Waals surface area contributed by atoms with E-state index < -0.39 is 0 Å². The van der Waals surface area contributed by atoms with E-state index in [0.717, 1.165) is 60.6 Å². The molecule has 2 aromatic rings. The van der Waals surface area contributed by atoms with E-state index in [-0.39, 0.29) is 11.9 Å². The number of hydrogen-bond donors (Lipinski definition) is 0. The van der Waals surface area contributed by atoms with Crippen LogP contribution in [0.1, 0.15) is 44.3 Å². The summed E-state index contributed by atoms with van der Waals surface area (Å²) in [6.07, 6.45) is 3.52. The van der Waals surface area contributed by atoms with Gasteiger partial charge in [-0.3, -0.25) is 4.79 Å². The van der Waals surface area contributed by atoms with Crippen molar-refractivity contribution >= 4 is 33.3 Å². The molecule has 0 saturated carbocycles. The summed E-state index contributed by atoms with van der Waals surface area (Å²) in [5, 5.41) is 1.16. The first-order valence-corrected chi connectivity index (χ1v) is 9.68. The monoisotopic (exact) mass is 347 g/mol. The molecule has 1 fully saturated rings. The van der Waals surface area contributed by atoms with Crippen LogP contribution in [0.25, 0.3) is 10.2 Å². The molecule has 1 saturated heterocycles. The molecule has 6 heteroatoms. The van der Waals surface area contributed by atoms with Crippen LogP contribution in [0.3, 0.4) is 0 Å². The second kappa shape index (κ2) is 7.47. The number of ether oxygens (including phenoxy) is 1. The largest absolute Gasteiger partial charge is 0.466 e. The van der Waals surface area contributed by atoms with Gasteiger partial charge >= 0.3 is 5.97 Å². The van der Waals surface area contributed by atoms with Crippen LogP contribution in [-0.4, -0.2) is 35.6 Å². The van der Waals surface area contributed by atoms with Gasteiger partial charge in [0.05, 0.1) is 17.9 Å². The average molecular weight is 347 g/mol. The lowest BCUT2D eigenvalue weighted by Crippen LogP contribution is -2.37. The molecule has 0 atom stereocenters. The molecule has 1 aliphatic rings. The van der Waals surface area contributed by atoms with Crippen molar-refractivity contribution in [2.75, 3.05) is 24.6 Å². The fourth-order valence-electron chi connectivity index (χ4n) is 3.16. The normalized spacial score (nSPS) is 15.9.